The number of hydrogen-bond donors (Lipinski definition) is 0. The van der Waals surface area contributed by atoms with Crippen molar-refractivity contribution in [3.05, 3.63) is 65.9 Å². The van der Waals surface area contributed by atoms with Crippen LogP contribution in [0.15, 0.2) is 60.2 Å². The van der Waals surface area contributed by atoms with Gasteiger partial charge < -0.3 is 9.64 Å². The van der Waals surface area contributed by atoms with Crippen LogP contribution in [0, 0.1) is 0 Å². The van der Waals surface area contributed by atoms with Gasteiger partial charge in [0.1, 0.15) is 5.01 Å². The summed E-state index contributed by atoms with van der Waals surface area (Å²) in [6.07, 6.45) is 3.45. The van der Waals surface area contributed by atoms with Crippen LogP contribution in [-0.2, 0) is 20.7 Å². The highest BCUT2D eigenvalue weighted by Gasteiger charge is 2.20. The third-order valence-electron chi connectivity index (χ3n) is 3.96. The van der Waals surface area contributed by atoms with Crippen molar-refractivity contribution in [3.8, 4) is 10.6 Å². The molecule has 6 nitrogen and oxygen atoms in total. The molecule has 1 amide bonds. The smallest absolute Gasteiger partial charge is 0.312 e. The maximum atomic E-state index is 12.6. The van der Waals surface area contributed by atoms with Crippen LogP contribution in [0.1, 0.15) is 19.5 Å². The van der Waals surface area contributed by atoms with Crippen molar-refractivity contribution in [1.82, 2.24) is 9.97 Å². The first-order valence-electron chi connectivity index (χ1n) is 8.92. The fourth-order valence-corrected chi connectivity index (χ4v) is 3.55. The first-order chi connectivity index (χ1) is 13.5. The highest BCUT2D eigenvalue weighted by molar-refractivity contribution is 7.13. The van der Waals surface area contributed by atoms with E-state index in [4.69, 9.17) is 4.74 Å². The number of esters is 1. The van der Waals surface area contributed by atoms with Gasteiger partial charge in [-0.1, -0.05) is 18.2 Å². The van der Waals surface area contributed by atoms with E-state index in [9.17, 15) is 9.59 Å². The van der Waals surface area contributed by atoms with E-state index in [1.165, 1.54) is 11.3 Å². The number of aromatic nitrogens is 2. The number of rotatable bonds is 7. The Morgan fingerprint density at radius 3 is 2.61 bits per heavy atom. The normalized spacial score (nSPS) is 10.7. The minimum absolute atomic E-state index is 0.0249. The number of pyridine rings is 1. The number of carbonyl (C=O) groups is 2. The van der Waals surface area contributed by atoms with Gasteiger partial charge in [-0.25, -0.2) is 4.98 Å². The van der Waals surface area contributed by atoms with Gasteiger partial charge >= 0.3 is 5.97 Å². The summed E-state index contributed by atoms with van der Waals surface area (Å²) in [6, 6.07) is 13.0. The Kier molecular flexibility index (Phi) is 6.49. The number of para-hydroxylation sites is 1. The summed E-state index contributed by atoms with van der Waals surface area (Å²) in [4.78, 5) is 34.8. The molecule has 0 aliphatic carbocycles. The second-order valence-electron chi connectivity index (χ2n) is 6.42. The van der Waals surface area contributed by atoms with Crippen molar-refractivity contribution >= 4 is 28.9 Å². The molecule has 0 fully saturated rings. The Bertz CT molecular complexity index is 926. The lowest BCUT2D eigenvalue weighted by molar-refractivity contribution is -0.147. The van der Waals surface area contributed by atoms with E-state index < -0.39 is 5.97 Å². The molecule has 0 bridgehead atoms. The molecule has 0 saturated carbocycles. The number of anilines is 1. The Hall–Kier alpha value is -3.06. The average Bonchev–Trinajstić information content (AvgIpc) is 3.16. The lowest BCUT2D eigenvalue weighted by Crippen LogP contribution is -2.40. The van der Waals surface area contributed by atoms with E-state index in [2.05, 4.69) is 9.97 Å². The quantitative estimate of drug-likeness (QED) is 0.570. The van der Waals surface area contributed by atoms with Crippen LogP contribution in [0.25, 0.3) is 10.6 Å². The highest BCUT2D eigenvalue weighted by atomic mass is 32.1. The molecule has 0 radical (unpaired) electrons. The molecule has 0 saturated heterocycles. The van der Waals surface area contributed by atoms with Gasteiger partial charge in [-0.2, -0.15) is 0 Å². The van der Waals surface area contributed by atoms with Crippen LogP contribution in [0.3, 0.4) is 0 Å². The van der Waals surface area contributed by atoms with Gasteiger partial charge in [0.2, 0.25) is 0 Å². The third-order valence-corrected chi connectivity index (χ3v) is 4.90. The molecule has 0 unspecified atom stereocenters. The highest BCUT2D eigenvalue weighted by Crippen LogP contribution is 2.23. The average molecular weight is 395 g/mol. The third kappa shape index (κ3) is 5.01. The minimum atomic E-state index is -0.479. The number of thiazole rings is 1. The molecule has 7 heteroatoms. The molecule has 0 spiro atoms. The van der Waals surface area contributed by atoms with E-state index in [-0.39, 0.29) is 25.0 Å². The summed E-state index contributed by atoms with van der Waals surface area (Å²) in [5.74, 6) is -0.739. The predicted molar refractivity (Wildman–Crippen MR) is 109 cm³/mol. The van der Waals surface area contributed by atoms with Crippen molar-refractivity contribution in [2.24, 2.45) is 0 Å². The number of ether oxygens (including phenoxy) is 1. The summed E-state index contributed by atoms with van der Waals surface area (Å²) >= 11 is 1.44. The maximum Gasteiger partial charge on any atom is 0.312 e. The first-order valence-corrected chi connectivity index (χ1v) is 9.80. The van der Waals surface area contributed by atoms with Crippen LogP contribution in [0.2, 0.25) is 0 Å². The number of nitrogens with zero attached hydrogens (tertiary/aromatic N) is 3. The Morgan fingerprint density at radius 2 is 1.93 bits per heavy atom. The molecule has 2 aromatic heterocycles. The standard InChI is InChI=1S/C21H21N3O3S/c1-15(2)24(18-8-4-3-5-9-18)19(25)13-27-20(26)11-17-14-28-21(23-17)16-7-6-10-22-12-16/h3-10,12,14-15H,11,13H2,1-2H3. The van der Waals surface area contributed by atoms with E-state index in [0.29, 0.717) is 5.69 Å². The number of benzene rings is 1. The van der Waals surface area contributed by atoms with Gasteiger partial charge in [0.15, 0.2) is 6.61 Å². The second kappa shape index (κ2) is 9.23. The molecule has 1 aromatic carbocycles. The fraction of sp³-hybridized carbons (Fsp3) is 0.238. The van der Waals surface area contributed by atoms with Gasteiger partial charge in [-0.15, -0.1) is 11.3 Å². The maximum absolute atomic E-state index is 12.6. The van der Waals surface area contributed by atoms with Gasteiger partial charge in [0.25, 0.3) is 5.91 Å². The topological polar surface area (TPSA) is 72.4 Å². The SMILES string of the molecule is CC(C)N(C(=O)COC(=O)Cc1csc(-c2cccnc2)n1)c1ccccc1. The molecular weight excluding hydrogens is 374 g/mol. The zero-order chi connectivity index (χ0) is 19.9. The van der Waals surface area contributed by atoms with Crippen LogP contribution in [0.4, 0.5) is 5.69 Å². The molecule has 0 aliphatic rings. The van der Waals surface area contributed by atoms with E-state index in [1.54, 1.807) is 17.3 Å². The Labute approximate surface area is 167 Å². The largest absolute Gasteiger partial charge is 0.455 e. The van der Waals surface area contributed by atoms with Crippen molar-refractivity contribution in [3.63, 3.8) is 0 Å². The zero-order valence-corrected chi connectivity index (χ0v) is 16.6. The molecule has 144 valence electrons. The molecule has 0 N–H and O–H groups in total. The first kappa shape index (κ1) is 19.7. The Balaban J connectivity index is 1.56. The van der Waals surface area contributed by atoms with Crippen LogP contribution in [-0.4, -0.2) is 34.5 Å². The van der Waals surface area contributed by atoms with Gasteiger partial charge in [0, 0.05) is 35.1 Å². The molecule has 3 aromatic rings. The fourth-order valence-electron chi connectivity index (χ4n) is 2.74. The summed E-state index contributed by atoms with van der Waals surface area (Å²) in [6.45, 7) is 3.54. The zero-order valence-electron chi connectivity index (χ0n) is 15.7. The van der Waals surface area contributed by atoms with E-state index in [0.717, 1.165) is 16.3 Å². The number of carbonyl (C=O) groups excluding carboxylic acids is 2. The van der Waals surface area contributed by atoms with Crippen LogP contribution >= 0.6 is 11.3 Å². The Morgan fingerprint density at radius 1 is 1.14 bits per heavy atom. The van der Waals surface area contributed by atoms with Gasteiger partial charge in [-0.05, 0) is 38.1 Å². The van der Waals surface area contributed by atoms with Crippen molar-refractivity contribution in [1.29, 1.82) is 0 Å². The van der Waals surface area contributed by atoms with Crippen LogP contribution < -0.4 is 4.90 Å². The number of amides is 1. The molecule has 0 atom stereocenters. The second-order valence-corrected chi connectivity index (χ2v) is 7.27. The lowest BCUT2D eigenvalue weighted by Gasteiger charge is -2.26. The molecule has 0 aliphatic heterocycles. The van der Waals surface area contributed by atoms with Crippen LogP contribution in [0.5, 0.6) is 0 Å². The molecular formula is C21H21N3O3S. The lowest BCUT2D eigenvalue weighted by atomic mass is 10.2. The van der Waals surface area contributed by atoms with Crippen molar-refractivity contribution in [2.75, 3.05) is 11.5 Å². The molecule has 2 heterocycles. The van der Waals surface area contributed by atoms with Crippen molar-refractivity contribution in [2.45, 2.75) is 26.3 Å². The van der Waals surface area contributed by atoms with E-state index >= 15 is 0 Å². The molecule has 3 rings (SSSR count). The summed E-state index contributed by atoms with van der Waals surface area (Å²) in [7, 11) is 0. The summed E-state index contributed by atoms with van der Waals surface area (Å²) in [5, 5.41) is 2.61. The van der Waals surface area contributed by atoms with Crippen molar-refractivity contribution < 1.29 is 14.3 Å². The van der Waals surface area contributed by atoms with E-state index in [1.807, 2.05) is 61.7 Å². The number of hydrogen-bond acceptors (Lipinski definition) is 6. The summed E-state index contributed by atoms with van der Waals surface area (Å²) in [5.41, 5.74) is 2.29. The monoisotopic (exact) mass is 395 g/mol. The minimum Gasteiger partial charge on any atom is -0.455 e. The predicted octanol–water partition coefficient (Wildman–Crippen LogP) is 3.73. The van der Waals surface area contributed by atoms with Gasteiger partial charge in [-0.3, -0.25) is 14.6 Å². The summed E-state index contributed by atoms with van der Waals surface area (Å²) < 4.78 is 5.20. The molecule has 28 heavy (non-hydrogen) atoms. The van der Waals surface area contributed by atoms with Gasteiger partial charge in [0.05, 0.1) is 12.1 Å².